The van der Waals surface area contributed by atoms with Crippen molar-refractivity contribution in [2.75, 3.05) is 11.0 Å². The number of anilines is 1. The van der Waals surface area contributed by atoms with Crippen molar-refractivity contribution < 1.29 is 22.0 Å². The first kappa shape index (κ1) is 17.3. The van der Waals surface area contributed by atoms with Gasteiger partial charge < -0.3 is 5.32 Å². The van der Waals surface area contributed by atoms with E-state index in [1.807, 2.05) is 0 Å². The molecule has 2 aromatic carbocycles. The Kier molecular flexibility index (Phi) is 4.47. The van der Waals surface area contributed by atoms with Crippen LogP contribution in [-0.4, -0.2) is 20.6 Å². The van der Waals surface area contributed by atoms with Crippen LogP contribution in [0.25, 0.3) is 0 Å². The summed E-state index contributed by atoms with van der Waals surface area (Å²) in [5, 5.41) is 2.72. The summed E-state index contributed by atoms with van der Waals surface area (Å²) in [4.78, 5) is 12.5. The van der Waals surface area contributed by atoms with Gasteiger partial charge in [0.2, 0.25) is 10.0 Å². The third kappa shape index (κ3) is 3.79. The maximum absolute atomic E-state index is 13.8. The summed E-state index contributed by atoms with van der Waals surface area (Å²) in [6.07, 6.45) is 1.95. The number of hydrogen-bond acceptors (Lipinski definition) is 3. The lowest BCUT2D eigenvalue weighted by atomic mass is 10.1. The molecule has 1 amide bonds. The van der Waals surface area contributed by atoms with Crippen LogP contribution in [-0.2, 0) is 16.4 Å². The summed E-state index contributed by atoms with van der Waals surface area (Å²) >= 11 is 0. The highest BCUT2D eigenvalue weighted by molar-refractivity contribution is 7.92. The van der Waals surface area contributed by atoms with Crippen LogP contribution in [0.4, 0.5) is 14.5 Å². The van der Waals surface area contributed by atoms with Gasteiger partial charge in [-0.2, -0.15) is 0 Å². The Hall–Kier alpha value is -2.48. The number of carbonyl (C=O) groups excluding carboxylic acids is 1. The Morgan fingerprint density at radius 3 is 2.68 bits per heavy atom. The first-order valence-corrected chi connectivity index (χ1v) is 9.49. The van der Waals surface area contributed by atoms with Crippen molar-refractivity contribution in [2.45, 2.75) is 18.9 Å². The number of benzene rings is 2. The molecule has 2 aromatic rings. The number of carbonyl (C=O) groups is 1. The molecule has 1 aliphatic carbocycles. The Morgan fingerprint density at radius 2 is 1.96 bits per heavy atom. The van der Waals surface area contributed by atoms with E-state index >= 15 is 0 Å². The van der Waals surface area contributed by atoms with Crippen molar-refractivity contribution >= 4 is 21.6 Å². The van der Waals surface area contributed by atoms with Gasteiger partial charge in [0.25, 0.3) is 5.91 Å². The van der Waals surface area contributed by atoms with Gasteiger partial charge in [0.05, 0.1) is 23.5 Å². The van der Waals surface area contributed by atoms with Crippen molar-refractivity contribution in [3.05, 3.63) is 64.7 Å². The molecule has 1 unspecified atom stereocenters. The van der Waals surface area contributed by atoms with Gasteiger partial charge in [0.1, 0.15) is 11.6 Å². The molecule has 0 aromatic heterocycles. The molecule has 0 fully saturated rings. The van der Waals surface area contributed by atoms with Gasteiger partial charge in [-0.3, -0.25) is 9.52 Å². The minimum Gasteiger partial charge on any atom is -0.345 e. The molecule has 1 atom stereocenters. The van der Waals surface area contributed by atoms with E-state index < -0.39 is 27.8 Å². The molecule has 5 nitrogen and oxygen atoms in total. The zero-order valence-electron chi connectivity index (χ0n) is 13.3. The normalized spacial score (nSPS) is 16.4. The molecule has 0 spiro atoms. The molecule has 0 heterocycles. The van der Waals surface area contributed by atoms with E-state index in [1.54, 1.807) is 12.1 Å². The van der Waals surface area contributed by atoms with Gasteiger partial charge >= 0.3 is 0 Å². The molecular formula is C17H16F2N2O3S. The first-order chi connectivity index (χ1) is 11.7. The van der Waals surface area contributed by atoms with Crippen LogP contribution < -0.4 is 10.0 Å². The molecule has 0 bridgehead atoms. The number of nitrogens with one attached hydrogen (secondary N) is 2. The smallest absolute Gasteiger partial charge is 0.254 e. The number of fused-ring (bicyclic) bond motifs is 1. The highest BCUT2D eigenvalue weighted by Crippen LogP contribution is 2.33. The predicted octanol–water partition coefficient (Wildman–Crippen LogP) is 2.75. The SMILES string of the molecule is CS(=O)(=O)Nc1ccc(F)cc1C(=O)NC1CCc2c(F)cccc21. The molecule has 0 radical (unpaired) electrons. The van der Waals surface area contributed by atoms with Crippen molar-refractivity contribution in [1.82, 2.24) is 5.32 Å². The highest BCUT2D eigenvalue weighted by atomic mass is 32.2. The molecule has 0 saturated heterocycles. The standard InChI is InChI=1S/C17H16F2N2O3S/c1-25(23,24)21-16-7-5-10(18)9-13(16)17(22)20-15-8-6-11-12(15)3-2-4-14(11)19/h2-5,7,9,15,21H,6,8H2,1H3,(H,20,22). The second-order valence-corrected chi connectivity index (χ2v) is 7.68. The zero-order chi connectivity index (χ0) is 18.2. The second-order valence-electron chi connectivity index (χ2n) is 5.94. The lowest BCUT2D eigenvalue weighted by molar-refractivity contribution is 0.0937. The van der Waals surface area contributed by atoms with Crippen molar-refractivity contribution in [3.8, 4) is 0 Å². The Balaban J connectivity index is 1.88. The average Bonchev–Trinajstić information content (AvgIpc) is 2.92. The van der Waals surface area contributed by atoms with E-state index in [2.05, 4.69) is 10.0 Å². The lowest BCUT2D eigenvalue weighted by Gasteiger charge is -2.16. The molecule has 3 rings (SSSR count). The number of rotatable bonds is 4. The molecule has 2 N–H and O–H groups in total. The van der Waals surface area contributed by atoms with Gasteiger partial charge in [0, 0.05) is 0 Å². The maximum atomic E-state index is 13.8. The summed E-state index contributed by atoms with van der Waals surface area (Å²) in [5.41, 5.74) is 1.10. The van der Waals surface area contributed by atoms with Gasteiger partial charge in [-0.25, -0.2) is 17.2 Å². The van der Waals surface area contributed by atoms with E-state index in [9.17, 15) is 22.0 Å². The van der Waals surface area contributed by atoms with Gasteiger partial charge in [-0.1, -0.05) is 12.1 Å². The van der Waals surface area contributed by atoms with Crippen molar-refractivity contribution in [2.24, 2.45) is 0 Å². The Bertz CT molecular complexity index is 945. The average molecular weight is 366 g/mol. The number of amides is 1. The first-order valence-electron chi connectivity index (χ1n) is 7.60. The van der Waals surface area contributed by atoms with E-state index in [1.165, 1.54) is 12.1 Å². The quantitative estimate of drug-likeness (QED) is 0.874. The van der Waals surface area contributed by atoms with Crippen LogP contribution >= 0.6 is 0 Å². The summed E-state index contributed by atoms with van der Waals surface area (Å²) in [5.74, 6) is -1.62. The van der Waals surface area contributed by atoms with Crippen LogP contribution in [0.5, 0.6) is 0 Å². The van der Waals surface area contributed by atoms with Crippen molar-refractivity contribution in [3.63, 3.8) is 0 Å². The van der Waals surface area contributed by atoms with E-state index in [-0.39, 0.29) is 17.1 Å². The van der Waals surface area contributed by atoms with Crippen LogP contribution in [0.3, 0.4) is 0 Å². The summed E-state index contributed by atoms with van der Waals surface area (Å²) in [6, 6.07) is 7.47. The largest absolute Gasteiger partial charge is 0.345 e. The summed E-state index contributed by atoms with van der Waals surface area (Å²) in [6.45, 7) is 0. The minimum atomic E-state index is -3.63. The molecule has 1 aliphatic rings. The third-order valence-corrected chi connectivity index (χ3v) is 4.63. The topological polar surface area (TPSA) is 75.3 Å². The fraction of sp³-hybridized carbons (Fsp3) is 0.235. The monoisotopic (exact) mass is 366 g/mol. The molecule has 132 valence electrons. The Labute approximate surface area is 144 Å². The zero-order valence-corrected chi connectivity index (χ0v) is 14.2. The number of sulfonamides is 1. The van der Waals surface area contributed by atoms with Crippen molar-refractivity contribution in [1.29, 1.82) is 0 Å². The van der Waals surface area contributed by atoms with Gasteiger partial charge in [0.15, 0.2) is 0 Å². The minimum absolute atomic E-state index is 0.0149. The Morgan fingerprint density at radius 1 is 1.20 bits per heavy atom. The fourth-order valence-corrected chi connectivity index (χ4v) is 3.57. The fourth-order valence-electron chi connectivity index (χ4n) is 2.99. The van der Waals surface area contributed by atoms with Gasteiger partial charge in [-0.05, 0) is 48.2 Å². The van der Waals surface area contributed by atoms with Crippen LogP contribution in [0.2, 0.25) is 0 Å². The maximum Gasteiger partial charge on any atom is 0.254 e. The summed E-state index contributed by atoms with van der Waals surface area (Å²) < 4.78 is 52.4. The molecule has 25 heavy (non-hydrogen) atoms. The molecule has 0 aliphatic heterocycles. The molecule has 0 saturated carbocycles. The van der Waals surface area contributed by atoms with E-state index in [0.717, 1.165) is 18.4 Å². The second kappa shape index (κ2) is 6.44. The molecule has 8 heteroatoms. The molecular weight excluding hydrogens is 350 g/mol. The highest BCUT2D eigenvalue weighted by Gasteiger charge is 2.27. The van der Waals surface area contributed by atoms with Crippen LogP contribution in [0.1, 0.15) is 33.9 Å². The van der Waals surface area contributed by atoms with Gasteiger partial charge in [-0.15, -0.1) is 0 Å². The van der Waals surface area contributed by atoms with Crippen LogP contribution in [0.15, 0.2) is 36.4 Å². The lowest BCUT2D eigenvalue weighted by Crippen LogP contribution is -2.28. The van der Waals surface area contributed by atoms with Crippen LogP contribution in [0, 0.1) is 11.6 Å². The van der Waals surface area contributed by atoms with E-state index in [0.29, 0.717) is 24.0 Å². The number of halogens is 2. The third-order valence-electron chi connectivity index (χ3n) is 4.04. The van der Waals surface area contributed by atoms with E-state index in [4.69, 9.17) is 0 Å². The summed E-state index contributed by atoms with van der Waals surface area (Å²) in [7, 11) is -3.63. The number of hydrogen-bond donors (Lipinski definition) is 2. The predicted molar refractivity (Wildman–Crippen MR) is 89.8 cm³/mol.